The summed E-state index contributed by atoms with van der Waals surface area (Å²) in [5.41, 5.74) is 3.56. The molecule has 0 bridgehead atoms. The van der Waals surface area contributed by atoms with E-state index < -0.39 is 0 Å². The van der Waals surface area contributed by atoms with Crippen LogP contribution in [0.5, 0.6) is 0 Å². The zero-order valence-corrected chi connectivity index (χ0v) is 17.1. The molecule has 0 spiro atoms. The Balaban J connectivity index is 1.73. The maximum absolute atomic E-state index is 12.5. The van der Waals surface area contributed by atoms with Crippen LogP contribution in [-0.4, -0.2) is 25.2 Å². The maximum atomic E-state index is 12.5. The zero-order chi connectivity index (χ0) is 20.4. The molecule has 0 fully saturated rings. The van der Waals surface area contributed by atoms with Crippen LogP contribution in [0.2, 0.25) is 0 Å². The Labute approximate surface area is 164 Å². The first-order valence-electron chi connectivity index (χ1n) is 9.58. The fourth-order valence-corrected chi connectivity index (χ4v) is 3.19. The molecular weight excluding hydrogens is 354 g/mol. The largest absolute Gasteiger partial charge is 0.326 e. The minimum Gasteiger partial charge on any atom is -0.326 e. The highest BCUT2D eigenvalue weighted by atomic mass is 16.2. The number of carbonyl (C=O) groups excluding carboxylic acids is 1. The topological polar surface area (TPSA) is 81.8 Å². The van der Waals surface area contributed by atoms with Gasteiger partial charge in [0.2, 0.25) is 5.91 Å². The molecule has 3 aromatic rings. The van der Waals surface area contributed by atoms with Crippen LogP contribution in [0.1, 0.15) is 57.1 Å². The lowest BCUT2D eigenvalue weighted by Crippen LogP contribution is -2.24. The fourth-order valence-electron chi connectivity index (χ4n) is 3.19. The molecule has 1 aromatic carbocycles. The van der Waals surface area contributed by atoms with Crippen LogP contribution in [0.25, 0.3) is 11.0 Å². The van der Waals surface area contributed by atoms with Crippen molar-refractivity contribution in [1.29, 1.82) is 0 Å². The molecule has 148 valence electrons. The number of carbonyl (C=O) groups is 1. The van der Waals surface area contributed by atoms with Gasteiger partial charge in [-0.2, -0.15) is 5.10 Å². The highest BCUT2D eigenvalue weighted by Gasteiger charge is 2.13. The van der Waals surface area contributed by atoms with E-state index in [0.717, 1.165) is 11.3 Å². The lowest BCUT2D eigenvalue weighted by Gasteiger charge is -2.17. The van der Waals surface area contributed by atoms with Gasteiger partial charge in [-0.3, -0.25) is 18.8 Å². The molecule has 0 unspecified atom stereocenters. The summed E-state index contributed by atoms with van der Waals surface area (Å²) in [6.07, 6.45) is 3.17. The number of hydrogen-bond acceptors (Lipinski definition) is 4. The van der Waals surface area contributed by atoms with Crippen LogP contribution in [-0.2, 0) is 18.4 Å². The third-order valence-electron chi connectivity index (χ3n) is 4.94. The minimum absolute atomic E-state index is 0.127. The maximum Gasteiger partial charge on any atom is 0.264 e. The van der Waals surface area contributed by atoms with Crippen molar-refractivity contribution in [2.75, 3.05) is 5.32 Å². The first kappa shape index (κ1) is 19.8. The Hall–Kier alpha value is -2.96. The number of nitrogens with one attached hydrogen (secondary N) is 1. The molecule has 3 rings (SSSR count). The van der Waals surface area contributed by atoms with Gasteiger partial charge < -0.3 is 5.32 Å². The molecule has 1 amide bonds. The number of anilines is 1. The van der Waals surface area contributed by atoms with E-state index in [1.165, 1.54) is 22.7 Å². The summed E-state index contributed by atoms with van der Waals surface area (Å²) < 4.78 is 3.01. The van der Waals surface area contributed by atoms with Gasteiger partial charge in [-0.05, 0) is 29.0 Å². The van der Waals surface area contributed by atoms with Crippen molar-refractivity contribution in [2.45, 2.75) is 52.5 Å². The molecule has 0 saturated carbocycles. The van der Waals surface area contributed by atoms with E-state index in [4.69, 9.17) is 0 Å². The van der Waals surface area contributed by atoms with Gasteiger partial charge in [-0.15, -0.1) is 0 Å². The monoisotopic (exact) mass is 381 g/mol. The lowest BCUT2D eigenvalue weighted by atomic mass is 9.94. The van der Waals surface area contributed by atoms with Crippen molar-refractivity contribution in [3.05, 3.63) is 52.2 Å². The van der Waals surface area contributed by atoms with E-state index >= 15 is 0 Å². The van der Waals surface area contributed by atoms with E-state index in [9.17, 15) is 9.59 Å². The lowest BCUT2D eigenvalue weighted by molar-refractivity contribution is -0.116. The first-order chi connectivity index (χ1) is 13.3. The third-order valence-corrected chi connectivity index (χ3v) is 4.94. The molecule has 0 aliphatic carbocycles. The molecule has 0 atom stereocenters. The molecule has 2 heterocycles. The molecular formula is C21H27N5O2. The quantitative estimate of drug-likeness (QED) is 0.709. The van der Waals surface area contributed by atoms with Gasteiger partial charge in [0.15, 0.2) is 5.65 Å². The third kappa shape index (κ3) is 3.98. The summed E-state index contributed by atoms with van der Waals surface area (Å²) in [6.45, 7) is 8.81. The molecule has 7 nitrogen and oxygen atoms in total. The van der Waals surface area contributed by atoms with E-state index in [2.05, 4.69) is 55.2 Å². The molecule has 28 heavy (non-hydrogen) atoms. The predicted octanol–water partition coefficient (Wildman–Crippen LogP) is 3.41. The van der Waals surface area contributed by atoms with Gasteiger partial charge in [0.25, 0.3) is 5.56 Å². The molecule has 7 heteroatoms. The number of aromatic nitrogens is 4. The number of fused-ring (bicyclic) bond motifs is 1. The van der Waals surface area contributed by atoms with Crippen molar-refractivity contribution in [2.24, 2.45) is 7.05 Å². The summed E-state index contributed by atoms with van der Waals surface area (Å²) in [4.78, 5) is 29.2. The Morgan fingerprint density at radius 1 is 1.18 bits per heavy atom. The van der Waals surface area contributed by atoms with Gasteiger partial charge in [0.1, 0.15) is 5.39 Å². The Morgan fingerprint density at radius 3 is 2.61 bits per heavy atom. The van der Waals surface area contributed by atoms with Crippen molar-refractivity contribution >= 4 is 22.6 Å². The second-order valence-corrected chi connectivity index (χ2v) is 7.70. The van der Waals surface area contributed by atoms with Crippen molar-refractivity contribution in [1.82, 2.24) is 19.3 Å². The normalized spacial score (nSPS) is 11.5. The average molecular weight is 381 g/mol. The van der Waals surface area contributed by atoms with Gasteiger partial charge in [-0.25, -0.2) is 4.98 Å². The number of hydrogen-bond donors (Lipinski definition) is 1. The first-order valence-corrected chi connectivity index (χ1v) is 9.58. The Bertz CT molecular complexity index is 1060. The highest BCUT2D eigenvalue weighted by molar-refractivity contribution is 5.91. The fraction of sp³-hybridized carbons (Fsp3) is 0.429. The van der Waals surface area contributed by atoms with Crippen molar-refractivity contribution < 1.29 is 4.79 Å². The van der Waals surface area contributed by atoms with Gasteiger partial charge in [0, 0.05) is 25.7 Å². The molecule has 0 saturated heterocycles. The summed E-state index contributed by atoms with van der Waals surface area (Å²) in [5.74, 6) is 0.607. The standard InChI is InChI=1S/C21H27N5O2/c1-13(2)15-6-7-18(16(10-15)14(3)4)24-19(27)8-9-26-12-22-20-17(21(26)28)11-23-25(20)5/h6-7,10-14H,8-9H2,1-5H3,(H,24,27). The van der Waals surface area contributed by atoms with Crippen LogP contribution in [0, 0.1) is 0 Å². The van der Waals surface area contributed by atoms with Crippen LogP contribution >= 0.6 is 0 Å². The predicted molar refractivity (Wildman–Crippen MR) is 111 cm³/mol. The number of nitrogens with zero attached hydrogens (tertiary/aromatic N) is 4. The highest BCUT2D eigenvalue weighted by Crippen LogP contribution is 2.28. The van der Waals surface area contributed by atoms with Gasteiger partial charge in [0.05, 0.1) is 12.5 Å². The number of benzene rings is 1. The van der Waals surface area contributed by atoms with Crippen LogP contribution in [0.3, 0.4) is 0 Å². The minimum atomic E-state index is -0.185. The summed E-state index contributed by atoms with van der Waals surface area (Å²) in [5, 5.41) is 7.51. The van der Waals surface area contributed by atoms with E-state index in [1.54, 1.807) is 11.7 Å². The van der Waals surface area contributed by atoms with Crippen molar-refractivity contribution in [3.63, 3.8) is 0 Å². The number of rotatable bonds is 6. The van der Waals surface area contributed by atoms with Crippen LogP contribution < -0.4 is 10.9 Å². The number of aryl methyl sites for hydroxylation is 2. The summed E-state index contributed by atoms with van der Waals surface area (Å²) in [6, 6.07) is 6.19. The summed E-state index contributed by atoms with van der Waals surface area (Å²) >= 11 is 0. The summed E-state index contributed by atoms with van der Waals surface area (Å²) in [7, 11) is 1.74. The second kappa shape index (κ2) is 7.96. The van der Waals surface area contributed by atoms with E-state index in [-0.39, 0.29) is 24.4 Å². The van der Waals surface area contributed by atoms with Gasteiger partial charge >= 0.3 is 0 Å². The van der Waals surface area contributed by atoms with E-state index in [0.29, 0.717) is 22.9 Å². The molecule has 0 aliphatic rings. The zero-order valence-electron chi connectivity index (χ0n) is 17.1. The molecule has 2 aromatic heterocycles. The van der Waals surface area contributed by atoms with Crippen LogP contribution in [0.4, 0.5) is 5.69 Å². The second-order valence-electron chi connectivity index (χ2n) is 7.70. The Morgan fingerprint density at radius 2 is 1.93 bits per heavy atom. The molecule has 0 aliphatic heterocycles. The molecule has 0 radical (unpaired) electrons. The smallest absolute Gasteiger partial charge is 0.264 e. The van der Waals surface area contributed by atoms with Crippen molar-refractivity contribution in [3.8, 4) is 0 Å². The molecule has 1 N–H and O–H groups in total. The Kier molecular flexibility index (Phi) is 5.63. The van der Waals surface area contributed by atoms with Gasteiger partial charge in [-0.1, -0.05) is 39.8 Å². The SMILES string of the molecule is CC(C)c1ccc(NC(=O)CCn2cnc3c(cnn3C)c2=O)c(C(C)C)c1. The van der Waals surface area contributed by atoms with E-state index in [1.807, 2.05) is 6.07 Å². The number of amides is 1. The van der Waals surface area contributed by atoms with Crippen LogP contribution in [0.15, 0.2) is 35.5 Å². The average Bonchev–Trinajstić information content (AvgIpc) is 3.03.